The zero-order chi connectivity index (χ0) is 13.8. The molecule has 1 fully saturated rings. The van der Waals surface area contributed by atoms with Crippen LogP contribution in [0.2, 0.25) is 0 Å². The van der Waals surface area contributed by atoms with Crippen LogP contribution in [0.3, 0.4) is 0 Å². The Bertz CT molecular complexity index is 467. The van der Waals surface area contributed by atoms with Crippen molar-refractivity contribution in [1.29, 1.82) is 0 Å². The number of ether oxygens (including phenoxy) is 1. The molecule has 3 rings (SSSR count). The summed E-state index contributed by atoms with van der Waals surface area (Å²) in [7, 11) is 0. The Morgan fingerprint density at radius 3 is 3.05 bits per heavy atom. The fraction of sp³-hybridized carbons (Fsp3) is 0.562. The summed E-state index contributed by atoms with van der Waals surface area (Å²) in [5.74, 6) is 1.03. The van der Waals surface area contributed by atoms with Crippen LogP contribution >= 0.6 is 0 Å². The molecule has 2 atom stereocenters. The quantitative estimate of drug-likeness (QED) is 0.869. The van der Waals surface area contributed by atoms with Crippen LogP contribution in [0.5, 0.6) is 5.75 Å². The highest BCUT2D eigenvalue weighted by molar-refractivity contribution is 5.82. The van der Waals surface area contributed by atoms with Gasteiger partial charge in [-0.3, -0.25) is 4.79 Å². The molecule has 0 radical (unpaired) electrons. The highest BCUT2D eigenvalue weighted by atomic mass is 16.5. The standard InChI is InChI=1S/C16H22N2O2/c19-16(14-7-2-1-5-10-17-14)18-13-9-11-20-15-8-4-3-6-12(13)15/h3-4,6,8,13-14,17H,1-2,5,7,9-11H2,(H,18,19). The van der Waals surface area contributed by atoms with Crippen molar-refractivity contribution in [2.75, 3.05) is 13.2 Å². The first-order chi connectivity index (χ1) is 9.84. The van der Waals surface area contributed by atoms with Gasteiger partial charge in [0.1, 0.15) is 5.75 Å². The zero-order valence-corrected chi connectivity index (χ0v) is 11.7. The lowest BCUT2D eigenvalue weighted by Gasteiger charge is -2.28. The third-order valence-electron chi connectivity index (χ3n) is 4.15. The van der Waals surface area contributed by atoms with E-state index in [1.807, 2.05) is 24.3 Å². The molecule has 20 heavy (non-hydrogen) atoms. The van der Waals surface area contributed by atoms with E-state index in [9.17, 15) is 4.79 Å². The zero-order valence-electron chi connectivity index (χ0n) is 11.7. The van der Waals surface area contributed by atoms with Gasteiger partial charge in [0.15, 0.2) is 0 Å². The van der Waals surface area contributed by atoms with Crippen molar-refractivity contribution in [3.05, 3.63) is 29.8 Å². The lowest BCUT2D eigenvalue weighted by Crippen LogP contribution is -2.45. The van der Waals surface area contributed by atoms with Gasteiger partial charge in [0.05, 0.1) is 18.7 Å². The normalized spacial score (nSPS) is 26.0. The summed E-state index contributed by atoms with van der Waals surface area (Å²) < 4.78 is 5.63. The van der Waals surface area contributed by atoms with Crippen molar-refractivity contribution in [3.8, 4) is 5.75 Å². The average Bonchev–Trinajstić information content (AvgIpc) is 2.77. The van der Waals surface area contributed by atoms with Crippen LogP contribution in [-0.4, -0.2) is 25.1 Å². The van der Waals surface area contributed by atoms with E-state index in [2.05, 4.69) is 10.6 Å². The Kier molecular flexibility index (Phi) is 4.21. The number of hydrogen-bond donors (Lipinski definition) is 2. The molecule has 0 spiro atoms. The van der Waals surface area contributed by atoms with E-state index in [0.717, 1.165) is 37.1 Å². The minimum Gasteiger partial charge on any atom is -0.493 e. The van der Waals surface area contributed by atoms with E-state index in [1.165, 1.54) is 12.8 Å². The predicted molar refractivity (Wildman–Crippen MR) is 77.7 cm³/mol. The smallest absolute Gasteiger partial charge is 0.237 e. The number of nitrogens with one attached hydrogen (secondary N) is 2. The van der Waals surface area contributed by atoms with Crippen LogP contribution in [-0.2, 0) is 4.79 Å². The van der Waals surface area contributed by atoms with Crippen LogP contribution in [0.25, 0.3) is 0 Å². The summed E-state index contributed by atoms with van der Waals surface area (Å²) in [5.41, 5.74) is 1.10. The molecule has 0 saturated carbocycles. The van der Waals surface area contributed by atoms with Crippen molar-refractivity contribution >= 4 is 5.91 Å². The molecule has 4 nitrogen and oxygen atoms in total. The first-order valence-corrected chi connectivity index (χ1v) is 7.60. The minimum atomic E-state index is -0.0347. The van der Waals surface area contributed by atoms with Gasteiger partial charge >= 0.3 is 0 Å². The Morgan fingerprint density at radius 1 is 1.20 bits per heavy atom. The Morgan fingerprint density at radius 2 is 2.10 bits per heavy atom. The molecular weight excluding hydrogens is 252 g/mol. The summed E-state index contributed by atoms with van der Waals surface area (Å²) >= 11 is 0. The van der Waals surface area contributed by atoms with Crippen molar-refractivity contribution in [3.63, 3.8) is 0 Å². The first kappa shape index (κ1) is 13.4. The summed E-state index contributed by atoms with van der Waals surface area (Å²) in [4.78, 5) is 12.4. The molecule has 1 aromatic carbocycles. The highest BCUT2D eigenvalue weighted by Gasteiger charge is 2.26. The lowest BCUT2D eigenvalue weighted by atomic mass is 10.00. The molecule has 108 valence electrons. The van der Waals surface area contributed by atoms with Gasteiger partial charge in [0.2, 0.25) is 5.91 Å². The van der Waals surface area contributed by atoms with Crippen LogP contribution in [0, 0.1) is 0 Å². The van der Waals surface area contributed by atoms with Gasteiger partial charge in [0.25, 0.3) is 0 Å². The SMILES string of the molecule is O=C(NC1CCOc2ccccc21)C1CCCCCN1. The lowest BCUT2D eigenvalue weighted by molar-refractivity contribution is -0.124. The van der Waals surface area contributed by atoms with Gasteiger partial charge in [-0.2, -0.15) is 0 Å². The summed E-state index contributed by atoms with van der Waals surface area (Å²) in [6.07, 6.45) is 5.31. The third-order valence-corrected chi connectivity index (χ3v) is 4.15. The van der Waals surface area contributed by atoms with Crippen LogP contribution in [0.1, 0.15) is 43.7 Å². The summed E-state index contributed by atoms with van der Waals surface area (Å²) in [6.45, 7) is 1.61. The predicted octanol–water partition coefficient (Wildman–Crippen LogP) is 2.16. The second kappa shape index (κ2) is 6.27. The maximum atomic E-state index is 12.4. The van der Waals surface area contributed by atoms with Gasteiger partial charge in [-0.05, 0) is 25.5 Å². The van der Waals surface area contributed by atoms with Gasteiger partial charge < -0.3 is 15.4 Å². The van der Waals surface area contributed by atoms with E-state index < -0.39 is 0 Å². The van der Waals surface area contributed by atoms with Crippen molar-refractivity contribution in [2.45, 2.75) is 44.2 Å². The molecule has 0 bridgehead atoms. The molecule has 1 saturated heterocycles. The molecule has 0 aromatic heterocycles. The fourth-order valence-electron chi connectivity index (χ4n) is 3.02. The summed E-state index contributed by atoms with van der Waals surface area (Å²) in [5, 5.41) is 6.54. The van der Waals surface area contributed by atoms with Crippen LogP contribution in [0.4, 0.5) is 0 Å². The van der Waals surface area contributed by atoms with E-state index >= 15 is 0 Å². The number of carbonyl (C=O) groups is 1. The van der Waals surface area contributed by atoms with Crippen molar-refractivity contribution in [2.24, 2.45) is 0 Å². The number of benzene rings is 1. The number of carbonyl (C=O) groups excluding carboxylic acids is 1. The topological polar surface area (TPSA) is 50.4 Å². The van der Waals surface area contributed by atoms with Gasteiger partial charge in [-0.25, -0.2) is 0 Å². The fourth-order valence-corrected chi connectivity index (χ4v) is 3.02. The van der Waals surface area contributed by atoms with E-state index in [-0.39, 0.29) is 18.0 Å². The molecule has 2 aliphatic rings. The molecule has 4 heteroatoms. The monoisotopic (exact) mass is 274 g/mol. The third kappa shape index (κ3) is 2.96. The maximum Gasteiger partial charge on any atom is 0.237 e. The maximum absolute atomic E-state index is 12.4. The van der Waals surface area contributed by atoms with E-state index in [1.54, 1.807) is 0 Å². The molecule has 0 aliphatic carbocycles. The average molecular weight is 274 g/mol. The highest BCUT2D eigenvalue weighted by Crippen LogP contribution is 2.31. The largest absolute Gasteiger partial charge is 0.493 e. The second-order valence-corrected chi connectivity index (χ2v) is 5.59. The Balaban J connectivity index is 1.67. The van der Waals surface area contributed by atoms with Gasteiger partial charge in [0, 0.05) is 12.0 Å². The molecular formula is C16H22N2O2. The Hall–Kier alpha value is -1.55. The molecule has 2 unspecified atom stereocenters. The number of rotatable bonds is 2. The Labute approximate surface area is 119 Å². The molecule has 2 heterocycles. The van der Waals surface area contributed by atoms with E-state index in [4.69, 9.17) is 4.74 Å². The number of fused-ring (bicyclic) bond motifs is 1. The van der Waals surface area contributed by atoms with E-state index in [0.29, 0.717) is 6.61 Å². The molecule has 1 aromatic rings. The summed E-state index contributed by atoms with van der Waals surface area (Å²) in [6, 6.07) is 8.02. The molecule has 1 amide bonds. The van der Waals surface area contributed by atoms with Crippen LogP contribution < -0.4 is 15.4 Å². The van der Waals surface area contributed by atoms with Gasteiger partial charge in [-0.15, -0.1) is 0 Å². The van der Waals surface area contributed by atoms with Crippen molar-refractivity contribution in [1.82, 2.24) is 10.6 Å². The second-order valence-electron chi connectivity index (χ2n) is 5.59. The van der Waals surface area contributed by atoms with Crippen LogP contribution in [0.15, 0.2) is 24.3 Å². The molecule has 2 aliphatic heterocycles. The number of para-hydroxylation sites is 1. The van der Waals surface area contributed by atoms with Crippen molar-refractivity contribution < 1.29 is 9.53 Å². The number of hydrogen-bond acceptors (Lipinski definition) is 3. The minimum absolute atomic E-state index is 0.0347. The molecule has 2 N–H and O–H groups in total. The van der Waals surface area contributed by atoms with Gasteiger partial charge in [-0.1, -0.05) is 31.0 Å². The number of amides is 1. The first-order valence-electron chi connectivity index (χ1n) is 7.60.